The molecule has 1 N–H and O–H groups in total. The highest BCUT2D eigenvalue weighted by molar-refractivity contribution is 5.80. The number of alkyl halides is 2. The Morgan fingerprint density at radius 2 is 2.11 bits per heavy atom. The van der Waals surface area contributed by atoms with Crippen LogP contribution in [0.4, 0.5) is 8.78 Å². The number of nitrogens with zero attached hydrogens (tertiary/aromatic N) is 1. The Morgan fingerprint density at radius 1 is 1.50 bits per heavy atom. The molecule has 0 aliphatic carbocycles. The maximum absolute atomic E-state index is 12.2. The minimum Gasteiger partial charge on any atom is -0.468 e. The van der Waals surface area contributed by atoms with Crippen LogP contribution in [0.1, 0.15) is 26.7 Å². The van der Waals surface area contributed by atoms with E-state index in [4.69, 9.17) is 4.74 Å². The quantitative estimate of drug-likeness (QED) is 0.642. The number of halogens is 2. The molecule has 0 saturated carbocycles. The lowest BCUT2D eigenvalue weighted by Gasteiger charge is -2.30. The molecular formula is C12H24F2N2O2. The van der Waals surface area contributed by atoms with Crippen molar-refractivity contribution in [3.63, 3.8) is 0 Å². The summed E-state index contributed by atoms with van der Waals surface area (Å²) in [4.78, 5) is 13.2. The van der Waals surface area contributed by atoms with E-state index in [0.29, 0.717) is 19.5 Å². The average Bonchev–Trinajstić information content (AvgIpc) is 2.32. The van der Waals surface area contributed by atoms with E-state index in [2.05, 4.69) is 5.32 Å². The number of hydrogen-bond donors (Lipinski definition) is 1. The van der Waals surface area contributed by atoms with E-state index >= 15 is 0 Å². The molecule has 0 bridgehead atoms. The first-order valence-corrected chi connectivity index (χ1v) is 6.16. The molecule has 0 rings (SSSR count). The third-order valence-electron chi connectivity index (χ3n) is 2.84. The lowest BCUT2D eigenvalue weighted by molar-refractivity contribution is -0.148. The van der Waals surface area contributed by atoms with Gasteiger partial charge in [0, 0.05) is 6.54 Å². The van der Waals surface area contributed by atoms with Crippen molar-refractivity contribution in [2.75, 3.05) is 33.8 Å². The summed E-state index contributed by atoms with van der Waals surface area (Å²) in [6, 6.07) is 0. The van der Waals surface area contributed by atoms with Crippen LogP contribution in [0.15, 0.2) is 0 Å². The van der Waals surface area contributed by atoms with Gasteiger partial charge in [0.25, 0.3) is 6.43 Å². The second-order valence-electron chi connectivity index (χ2n) is 4.65. The Kier molecular flexibility index (Phi) is 8.02. The first kappa shape index (κ1) is 17.2. The van der Waals surface area contributed by atoms with E-state index in [-0.39, 0.29) is 12.5 Å². The fraction of sp³-hybridized carbons (Fsp3) is 0.917. The molecule has 1 unspecified atom stereocenters. The molecule has 0 fully saturated rings. The van der Waals surface area contributed by atoms with Crippen molar-refractivity contribution in [2.24, 2.45) is 0 Å². The molecule has 0 aromatic heterocycles. The zero-order valence-corrected chi connectivity index (χ0v) is 11.6. The summed E-state index contributed by atoms with van der Waals surface area (Å²) in [5.41, 5.74) is -0.818. The SMILES string of the molecule is CCCNC(C)(CCN(C)CC(F)F)C(=O)OC. The Labute approximate surface area is 108 Å². The van der Waals surface area contributed by atoms with Crippen molar-refractivity contribution < 1.29 is 18.3 Å². The number of hydrogen-bond acceptors (Lipinski definition) is 4. The maximum Gasteiger partial charge on any atom is 0.325 e. The van der Waals surface area contributed by atoms with Gasteiger partial charge in [0.2, 0.25) is 0 Å². The van der Waals surface area contributed by atoms with E-state index in [1.807, 2.05) is 6.92 Å². The van der Waals surface area contributed by atoms with Gasteiger partial charge in [-0.05, 0) is 33.4 Å². The molecule has 0 aromatic rings. The molecular weight excluding hydrogens is 242 g/mol. The fourth-order valence-electron chi connectivity index (χ4n) is 1.63. The van der Waals surface area contributed by atoms with Gasteiger partial charge in [-0.1, -0.05) is 6.92 Å². The number of ether oxygens (including phenoxy) is 1. The summed E-state index contributed by atoms with van der Waals surface area (Å²) < 4.78 is 29.1. The largest absolute Gasteiger partial charge is 0.468 e. The van der Waals surface area contributed by atoms with Gasteiger partial charge in [-0.2, -0.15) is 0 Å². The predicted molar refractivity (Wildman–Crippen MR) is 66.8 cm³/mol. The van der Waals surface area contributed by atoms with Crippen LogP contribution in [-0.2, 0) is 9.53 Å². The molecule has 1 atom stereocenters. The van der Waals surface area contributed by atoms with Crippen LogP contribution >= 0.6 is 0 Å². The molecule has 6 heteroatoms. The maximum atomic E-state index is 12.2. The third-order valence-corrected chi connectivity index (χ3v) is 2.84. The normalized spacial score (nSPS) is 14.9. The Morgan fingerprint density at radius 3 is 2.56 bits per heavy atom. The van der Waals surface area contributed by atoms with Gasteiger partial charge in [-0.3, -0.25) is 4.79 Å². The van der Waals surface area contributed by atoms with Crippen LogP contribution in [0.5, 0.6) is 0 Å². The van der Waals surface area contributed by atoms with Gasteiger partial charge in [0.1, 0.15) is 5.54 Å². The standard InChI is InChI=1S/C12H24F2N2O2/c1-5-7-15-12(2,11(17)18-4)6-8-16(3)9-10(13)14/h10,15H,5-9H2,1-4H3. The Balaban J connectivity index is 4.36. The molecule has 18 heavy (non-hydrogen) atoms. The number of carbonyl (C=O) groups is 1. The van der Waals surface area contributed by atoms with Crippen molar-refractivity contribution >= 4 is 5.97 Å². The molecule has 0 aromatic carbocycles. The van der Waals surface area contributed by atoms with Gasteiger partial charge < -0.3 is 15.0 Å². The van der Waals surface area contributed by atoms with Gasteiger partial charge in [0.05, 0.1) is 13.7 Å². The van der Waals surface area contributed by atoms with E-state index in [1.54, 1.807) is 14.0 Å². The Hall–Kier alpha value is -0.750. The summed E-state index contributed by atoms with van der Waals surface area (Å²) in [5.74, 6) is -0.360. The number of carbonyl (C=O) groups excluding carboxylic acids is 1. The fourth-order valence-corrected chi connectivity index (χ4v) is 1.63. The van der Waals surface area contributed by atoms with Gasteiger partial charge >= 0.3 is 5.97 Å². The number of nitrogens with one attached hydrogen (secondary N) is 1. The van der Waals surface area contributed by atoms with Crippen LogP contribution in [0.2, 0.25) is 0 Å². The van der Waals surface area contributed by atoms with E-state index in [9.17, 15) is 13.6 Å². The van der Waals surface area contributed by atoms with Crippen molar-refractivity contribution in [3.8, 4) is 0 Å². The highest BCUT2D eigenvalue weighted by Crippen LogP contribution is 2.13. The number of methoxy groups -OCH3 is 1. The van der Waals surface area contributed by atoms with Gasteiger partial charge in [-0.25, -0.2) is 8.78 Å². The molecule has 4 nitrogen and oxygen atoms in total. The third kappa shape index (κ3) is 6.26. The first-order chi connectivity index (χ1) is 8.35. The first-order valence-electron chi connectivity index (χ1n) is 6.16. The van der Waals surface area contributed by atoms with E-state index in [1.165, 1.54) is 12.0 Å². The molecule has 0 radical (unpaired) electrons. The monoisotopic (exact) mass is 266 g/mol. The lowest BCUT2D eigenvalue weighted by Crippen LogP contribution is -2.52. The second kappa shape index (κ2) is 8.37. The molecule has 0 amide bonds. The Bertz CT molecular complexity index is 252. The molecule has 108 valence electrons. The summed E-state index contributed by atoms with van der Waals surface area (Å²) in [7, 11) is 2.95. The summed E-state index contributed by atoms with van der Waals surface area (Å²) in [6.07, 6.45) is -1.04. The topological polar surface area (TPSA) is 41.6 Å². The number of esters is 1. The van der Waals surface area contributed by atoms with Gasteiger partial charge in [-0.15, -0.1) is 0 Å². The molecule has 0 heterocycles. The molecule has 0 spiro atoms. The van der Waals surface area contributed by atoms with E-state index < -0.39 is 12.0 Å². The van der Waals surface area contributed by atoms with Crippen molar-refractivity contribution in [1.29, 1.82) is 0 Å². The highest BCUT2D eigenvalue weighted by Gasteiger charge is 2.33. The minimum absolute atomic E-state index is 0.287. The second-order valence-corrected chi connectivity index (χ2v) is 4.65. The summed E-state index contributed by atoms with van der Waals surface area (Å²) >= 11 is 0. The lowest BCUT2D eigenvalue weighted by atomic mass is 9.97. The molecule has 0 aliphatic heterocycles. The zero-order chi connectivity index (χ0) is 14.2. The highest BCUT2D eigenvalue weighted by atomic mass is 19.3. The van der Waals surface area contributed by atoms with Crippen LogP contribution in [0, 0.1) is 0 Å². The smallest absolute Gasteiger partial charge is 0.325 e. The number of rotatable bonds is 9. The van der Waals surface area contributed by atoms with E-state index in [0.717, 1.165) is 6.42 Å². The van der Waals surface area contributed by atoms with Crippen molar-refractivity contribution in [2.45, 2.75) is 38.7 Å². The summed E-state index contributed by atoms with van der Waals surface area (Å²) in [6.45, 7) is 4.54. The van der Waals surface area contributed by atoms with Crippen LogP contribution in [0.25, 0.3) is 0 Å². The van der Waals surface area contributed by atoms with Crippen LogP contribution in [0.3, 0.4) is 0 Å². The van der Waals surface area contributed by atoms with Crippen LogP contribution < -0.4 is 5.32 Å². The minimum atomic E-state index is -2.36. The van der Waals surface area contributed by atoms with Crippen molar-refractivity contribution in [3.05, 3.63) is 0 Å². The summed E-state index contributed by atoms with van der Waals surface area (Å²) in [5, 5.41) is 3.12. The van der Waals surface area contributed by atoms with Gasteiger partial charge in [0.15, 0.2) is 0 Å². The average molecular weight is 266 g/mol. The molecule has 0 aliphatic rings. The molecule has 0 saturated heterocycles. The van der Waals surface area contributed by atoms with Crippen LogP contribution in [-0.4, -0.2) is 56.6 Å². The zero-order valence-electron chi connectivity index (χ0n) is 11.6. The van der Waals surface area contributed by atoms with Crippen molar-refractivity contribution in [1.82, 2.24) is 10.2 Å². The predicted octanol–water partition coefficient (Wildman–Crippen LogP) is 1.50.